The lowest BCUT2D eigenvalue weighted by Crippen LogP contribution is -2.22. The number of benzene rings is 1. The third-order valence-electron chi connectivity index (χ3n) is 5.02. The first-order valence-corrected chi connectivity index (χ1v) is 13.3. The second kappa shape index (κ2) is 11.8. The molecule has 0 saturated carbocycles. The van der Waals surface area contributed by atoms with E-state index in [2.05, 4.69) is 19.8 Å². The molecule has 2 aromatic heterocycles. The van der Waals surface area contributed by atoms with Crippen LogP contribution in [0, 0.1) is 6.92 Å². The predicted molar refractivity (Wildman–Crippen MR) is 142 cm³/mol. The van der Waals surface area contributed by atoms with Crippen LogP contribution in [0.25, 0.3) is 5.82 Å². The normalized spacial score (nSPS) is 11.8. The van der Waals surface area contributed by atoms with Gasteiger partial charge in [-0.3, -0.25) is 10.1 Å². The number of hydrogen-bond acceptors (Lipinski definition) is 5. The van der Waals surface area contributed by atoms with E-state index in [-0.39, 0.29) is 37.6 Å². The van der Waals surface area contributed by atoms with Gasteiger partial charge in [-0.05, 0) is 36.8 Å². The molecule has 3 rings (SSSR count). The molecular weight excluding hydrogens is 566 g/mol. The molecule has 3 aromatic rings. The Morgan fingerprint density at radius 2 is 1.79 bits per heavy atom. The first-order chi connectivity index (χ1) is 17.7. The Morgan fingerprint density at radius 1 is 1.13 bits per heavy atom. The Bertz CT molecular complexity index is 1400. The summed E-state index contributed by atoms with van der Waals surface area (Å²) in [5.41, 5.74) is -0.835. The van der Waals surface area contributed by atoms with Gasteiger partial charge in [-0.25, -0.2) is 9.78 Å². The number of ether oxygens (including phenoxy) is 1. The van der Waals surface area contributed by atoms with Crippen LogP contribution in [0.1, 0.15) is 49.3 Å². The lowest BCUT2D eigenvalue weighted by molar-refractivity contribution is -0.141. The zero-order valence-corrected chi connectivity index (χ0v) is 23.3. The fraction of sp³-hybridized carbons (Fsp3) is 0.333. The monoisotopic (exact) mass is 589 g/mol. The summed E-state index contributed by atoms with van der Waals surface area (Å²) in [6.45, 7) is 9.40. The van der Waals surface area contributed by atoms with Crippen molar-refractivity contribution in [2.75, 3.05) is 5.32 Å². The van der Waals surface area contributed by atoms with Crippen molar-refractivity contribution in [2.45, 2.75) is 51.3 Å². The number of carbonyl (C=O) groups excluding carboxylic acids is 2. The maximum atomic E-state index is 13.4. The van der Waals surface area contributed by atoms with E-state index in [0.717, 1.165) is 0 Å². The van der Waals surface area contributed by atoms with Crippen molar-refractivity contribution in [2.24, 2.45) is 4.36 Å². The van der Waals surface area contributed by atoms with E-state index >= 15 is 0 Å². The van der Waals surface area contributed by atoms with Crippen molar-refractivity contribution in [1.29, 1.82) is 0 Å². The maximum absolute atomic E-state index is 13.4. The van der Waals surface area contributed by atoms with E-state index in [0.29, 0.717) is 16.3 Å². The highest BCUT2D eigenvalue weighted by Gasteiger charge is 2.36. The van der Waals surface area contributed by atoms with Crippen LogP contribution in [-0.2, 0) is 16.9 Å². The number of rotatable bonds is 6. The summed E-state index contributed by atoms with van der Waals surface area (Å²) >= 11 is 12.2. The van der Waals surface area contributed by atoms with E-state index < -0.39 is 40.4 Å². The van der Waals surface area contributed by atoms with Crippen LogP contribution in [0.5, 0.6) is 5.88 Å². The number of nitrogens with zero attached hydrogens (tertiary/aromatic N) is 4. The Hall–Kier alpha value is -2.96. The first kappa shape index (κ1) is 29.6. The van der Waals surface area contributed by atoms with Gasteiger partial charge in [-0.15, -0.1) is 0 Å². The molecule has 0 aliphatic carbocycles. The van der Waals surface area contributed by atoms with Crippen LogP contribution in [0.4, 0.5) is 23.7 Å². The summed E-state index contributed by atoms with van der Waals surface area (Å²) in [6.07, 6.45) is -4.72. The van der Waals surface area contributed by atoms with Crippen molar-refractivity contribution in [3.8, 4) is 11.7 Å². The van der Waals surface area contributed by atoms with Crippen molar-refractivity contribution in [1.82, 2.24) is 14.8 Å². The first-order valence-electron chi connectivity index (χ1n) is 11.2. The van der Waals surface area contributed by atoms with E-state index in [1.807, 2.05) is 27.7 Å². The lowest BCUT2D eigenvalue weighted by atomic mass is 10.1. The summed E-state index contributed by atoms with van der Waals surface area (Å²) in [6, 6.07) is 6.28. The molecule has 0 spiro atoms. The molecule has 2 amide bonds. The highest BCUT2D eigenvalue weighted by molar-refractivity contribution is 7.88. The third kappa shape index (κ3) is 6.91. The van der Waals surface area contributed by atoms with Gasteiger partial charge in [0.15, 0.2) is 11.5 Å². The van der Waals surface area contributed by atoms with Gasteiger partial charge in [0.05, 0.1) is 16.3 Å². The minimum Gasteiger partial charge on any atom is -0.391 e. The number of hydrogen-bond donors (Lipinski definition) is 1. The van der Waals surface area contributed by atoms with Crippen LogP contribution in [0.3, 0.4) is 0 Å². The van der Waals surface area contributed by atoms with Crippen molar-refractivity contribution in [3.63, 3.8) is 0 Å². The number of halogens is 5. The van der Waals surface area contributed by atoms with Gasteiger partial charge in [0.25, 0.3) is 5.91 Å². The fourth-order valence-electron chi connectivity index (χ4n) is 3.46. The zero-order chi connectivity index (χ0) is 28.4. The van der Waals surface area contributed by atoms with Crippen molar-refractivity contribution >= 4 is 51.6 Å². The lowest BCUT2D eigenvalue weighted by Gasteiger charge is -2.17. The summed E-state index contributed by atoms with van der Waals surface area (Å²) in [5.74, 6) is -1.37. The van der Waals surface area contributed by atoms with Crippen LogP contribution in [0.2, 0.25) is 10.0 Å². The molecule has 1 N–H and O–H groups in total. The third-order valence-corrected chi connectivity index (χ3v) is 7.84. The summed E-state index contributed by atoms with van der Waals surface area (Å²) in [5, 5.41) is 6.32. The highest BCUT2D eigenvalue weighted by atomic mass is 35.5. The molecule has 0 saturated heterocycles. The minimum atomic E-state index is -4.83. The SMILES string of the molecule is Cc1cc(Cl)cc(C(=O)N=S(C(C)C)C(C)C)c1NC(=O)Oc1cc(C(F)(F)F)nn1-c1ncccc1Cl. The number of amides is 2. The summed E-state index contributed by atoms with van der Waals surface area (Å²) in [4.78, 5) is 30.0. The van der Waals surface area contributed by atoms with Crippen LogP contribution in [0.15, 0.2) is 40.9 Å². The molecule has 0 aliphatic rings. The standard InChI is InChI=1S/C24H24Cl2F3N5O3S/c1-12(2)38(13(3)4)33-22(35)16-10-15(25)9-14(5)20(16)31-23(36)37-19-11-18(24(27,28)29)32-34(19)21-17(26)7-6-8-30-21/h6-13H,1-5H3,(H,31,36). The van der Waals surface area contributed by atoms with E-state index in [4.69, 9.17) is 27.9 Å². The summed E-state index contributed by atoms with van der Waals surface area (Å²) < 4.78 is 50.4. The van der Waals surface area contributed by atoms with Crippen LogP contribution in [-0.4, -0.2) is 37.3 Å². The Kier molecular flexibility index (Phi) is 9.21. The average molecular weight is 590 g/mol. The van der Waals surface area contributed by atoms with Gasteiger partial charge >= 0.3 is 12.3 Å². The molecule has 14 heteroatoms. The van der Waals surface area contributed by atoms with E-state index in [1.54, 1.807) is 6.92 Å². The maximum Gasteiger partial charge on any atom is 0.435 e. The second-order valence-corrected chi connectivity index (χ2v) is 12.2. The van der Waals surface area contributed by atoms with Crippen molar-refractivity contribution in [3.05, 3.63) is 63.4 Å². The summed E-state index contributed by atoms with van der Waals surface area (Å²) in [7, 11) is -0.606. The number of anilines is 1. The second-order valence-electron chi connectivity index (χ2n) is 8.59. The number of aromatic nitrogens is 3. The van der Waals surface area contributed by atoms with Gasteiger partial charge < -0.3 is 4.74 Å². The van der Waals surface area contributed by atoms with Gasteiger partial charge in [-0.2, -0.15) is 27.3 Å². The smallest absolute Gasteiger partial charge is 0.391 e. The van der Waals surface area contributed by atoms with E-state index in [1.165, 1.54) is 30.5 Å². The fourth-order valence-corrected chi connectivity index (χ4v) is 5.73. The van der Waals surface area contributed by atoms with Gasteiger partial charge in [0.1, 0.15) is 0 Å². The molecule has 0 radical (unpaired) electrons. The topological polar surface area (TPSA) is 98.5 Å². The molecule has 0 atom stereocenters. The molecule has 8 nitrogen and oxygen atoms in total. The molecule has 38 heavy (non-hydrogen) atoms. The molecule has 0 bridgehead atoms. The Balaban J connectivity index is 2.00. The number of pyridine rings is 1. The predicted octanol–water partition coefficient (Wildman–Crippen LogP) is 7.27. The number of nitrogens with one attached hydrogen (secondary N) is 1. The zero-order valence-electron chi connectivity index (χ0n) is 20.9. The molecule has 1 aromatic carbocycles. The van der Waals surface area contributed by atoms with Gasteiger partial charge in [-0.1, -0.05) is 61.6 Å². The van der Waals surface area contributed by atoms with Crippen LogP contribution >= 0.6 is 23.2 Å². The molecule has 0 unspecified atom stereocenters. The quantitative estimate of drug-likeness (QED) is 0.326. The Morgan fingerprint density at radius 3 is 2.37 bits per heavy atom. The highest BCUT2D eigenvalue weighted by Crippen LogP contribution is 2.33. The molecule has 0 fully saturated rings. The van der Waals surface area contributed by atoms with E-state index in [9.17, 15) is 22.8 Å². The Labute approximate surface area is 229 Å². The van der Waals surface area contributed by atoms with Crippen LogP contribution < -0.4 is 10.1 Å². The van der Waals surface area contributed by atoms with Crippen molar-refractivity contribution < 1.29 is 27.5 Å². The molecule has 0 aliphatic heterocycles. The van der Waals surface area contributed by atoms with Gasteiger partial charge in [0, 0.05) is 27.8 Å². The number of carbonyl (C=O) groups is 2. The largest absolute Gasteiger partial charge is 0.435 e. The number of aryl methyl sites for hydroxylation is 1. The average Bonchev–Trinajstić information content (AvgIpc) is 3.22. The molecule has 2 heterocycles. The molecular formula is C24H24Cl2F3N5O3S. The van der Waals surface area contributed by atoms with Gasteiger partial charge in [0.2, 0.25) is 5.88 Å². The minimum absolute atomic E-state index is 0.0167. The molecule has 204 valence electrons. The number of alkyl halides is 3.